The molecule has 5 heteroatoms. The van der Waals surface area contributed by atoms with Crippen LogP contribution in [0.3, 0.4) is 0 Å². The van der Waals surface area contributed by atoms with Gasteiger partial charge in [-0.3, -0.25) is 4.98 Å². The zero-order chi connectivity index (χ0) is 20.1. The van der Waals surface area contributed by atoms with Gasteiger partial charge in [-0.15, -0.1) is 0 Å². The van der Waals surface area contributed by atoms with E-state index in [1.807, 2.05) is 26.8 Å². The van der Waals surface area contributed by atoms with E-state index in [1.165, 1.54) is 0 Å². The smallest absolute Gasteiger partial charge is 0.190 e. The fourth-order valence-corrected chi connectivity index (χ4v) is 4.47. The van der Waals surface area contributed by atoms with Gasteiger partial charge < -0.3 is 9.67 Å². The third-order valence-electron chi connectivity index (χ3n) is 6.04. The van der Waals surface area contributed by atoms with E-state index in [0.29, 0.717) is 16.8 Å². The summed E-state index contributed by atoms with van der Waals surface area (Å²) >= 11 is 6.62. The first kappa shape index (κ1) is 19.0. The minimum Gasteiger partial charge on any atom is -0.390 e. The third-order valence-corrected chi connectivity index (χ3v) is 6.54. The highest BCUT2D eigenvalue weighted by atomic mass is 35.5. The predicted molar refractivity (Wildman–Crippen MR) is 114 cm³/mol. The molecule has 1 fully saturated rings. The van der Waals surface area contributed by atoms with Crippen molar-refractivity contribution in [2.45, 2.75) is 58.1 Å². The lowest BCUT2D eigenvalue weighted by molar-refractivity contribution is 0.0104. The maximum atomic E-state index is 10.3. The predicted octanol–water partition coefficient (Wildman–Crippen LogP) is 6.39. The maximum Gasteiger partial charge on any atom is 0.190 e. The molecule has 1 aliphatic rings. The Labute approximate surface area is 170 Å². The van der Waals surface area contributed by atoms with Crippen molar-refractivity contribution < 1.29 is 5.11 Å². The standard InChI is InChI=1S/C23H24ClN3O/c1-14-9-21-17(10-20(14)25-4)19(18-12-26-11-15(2)22(18)24)13-27(21)16-5-7-23(3,28)8-6-16/h9-13,16,28H,5-8H2,1-3H3. The molecule has 1 N–H and O–H groups in total. The van der Waals surface area contributed by atoms with E-state index in [0.717, 1.165) is 58.8 Å². The van der Waals surface area contributed by atoms with Gasteiger partial charge in [0.05, 0.1) is 17.2 Å². The summed E-state index contributed by atoms with van der Waals surface area (Å²) in [5.41, 5.74) is 5.03. The van der Waals surface area contributed by atoms with Gasteiger partial charge >= 0.3 is 0 Å². The fourth-order valence-electron chi connectivity index (χ4n) is 4.27. The summed E-state index contributed by atoms with van der Waals surface area (Å²) in [6.07, 6.45) is 9.17. The van der Waals surface area contributed by atoms with Crippen LogP contribution in [0.1, 0.15) is 49.8 Å². The average Bonchev–Trinajstić information content (AvgIpc) is 3.01. The summed E-state index contributed by atoms with van der Waals surface area (Å²) in [7, 11) is 0. The lowest BCUT2D eigenvalue weighted by Gasteiger charge is -2.34. The normalized spacial score (nSPS) is 22.4. The molecule has 0 saturated heterocycles. The van der Waals surface area contributed by atoms with Crippen molar-refractivity contribution in [2.24, 2.45) is 0 Å². The van der Waals surface area contributed by atoms with E-state index in [9.17, 15) is 5.11 Å². The van der Waals surface area contributed by atoms with Crippen LogP contribution in [0, 0.1) is 20.4 Å². The van der Waals surface area contributed by atoms with Gasteiger partial charge in [-0.1, -0.05) is 11.6 Å². The Morgan fingerprint density at radius 1 is 1.18 bits per heavy atom. The SMILES string of the molecule is [C-]#[N+]c1cc2c(-c3cncc(C)c3Cl)cn(C3CCC(C)(O)CC3)c2cc1C. The first-order valence-corrected chi connectivity index (χ1v) is 10.0. The minimum absolute atomic E-state index is 0.325. The quantitative estimate of drug-likeness (QED) is 0.512. The van der Waals surface area contributed by atoms with Crippen LogP contribution in [-0.4, -0.2) is 20.3 Å². The van der Waals surface area contributed by atoms with Gasteiger partial charge in [0.2, 0.25) is 0 Å². The maximum absolute atomic E-state index is 10.3. The number of hydrogen-bond acceptors (Lipinski definition) is 2. The van der Waals surface area contributed by atoms with Gasteiger partial charge in [0.1, 0.15) is 0 Å². The van der Waals surface area contributed by atoms with Crippen molar-refractivity contribution in [1.82, 2.24) is 9.55 Å². The van der Waals surface area contributed by atoms with Gasteiger partial charge in [0.25, 0.3) is 0 Å². The second-order valence-corrected chi connectivity index (χ2v) is 8.64. The molecule has 0 atom stereocenters. The van der Waals surface area contributed by atoms with E-state index >= 15 is 0 Å². The number of rotatable bonds is 2. The molecule has 0 amide bonds. The zero-order valence-electron chi connectivity index (χ0n) is 16.5. The molecular weight excluding hydrogens is 370 g/mol. The summed E-state index contributed by atoms with van der Waals surface area (Å²) in [4.78, 5) is 8.04. The molecule has 144 valence electrons. The van der Waals surface area contributed by atoms with Crippen LogP contribution in [0.5, 0.6) is 0 Å². The van der Waals surface area contributed by atoms with Crippen LogP contribution in [0.4, 0.5) is 5.69 Å². The van der Waals surface area contributed by atoms with Crippen molar-refractivity contribution in [3.8, 4) is 11.1 Å². The Bertz CT molecular complexity index is 1100. The van der Waals surface area contributed by atoms with E-state index in [2.05, 4.69) is 26.7 Å². The number of benzene rings is 1. The number of hydrogen-bond donors (Lipinski definition) is 1. The number of aryl methyl sites for hydroxylation is 2. The second kappa shape index (κ2) is 6.92. The molecule has 4 nitrogen and oxygen atoms in total. The molecule has 0 unspecified atom stereocenters. The highest BCUT2D eigenvalue weighted by molar-refractivity contribution is 6.34. The summed E-state index contributed by atoms with van der Waals surface area (Å²) in [6.45, 7) is 13.4. The summed E-state index contributed by atoms with van der Waals surface area (Å²) < 4.78 is 2.32. The van der Waals surface area contributed by atoms with Crippen LogP contribution in [0.25, 0.3) is 26.9 Å². The Morgan fingerprint density at radius 3 is 2.57 bits per heavy atom. The Balaban J connectivity index is 1.93. The number of aliphatic hydroxyl groups is 1. The Morgan fingerprint density at radius 2 is 1.89 bits per heavy atom. The van der Waals surface area contributed by atoms with Crippen LogP contribution < -0.4 is 0 Å². The van der Waals surface area contributed by atoms with Gasteiger partial charge in [0, 0.05) is 41.3 Å². The zero-order valence-corrected chi connectivity index (χ0v) is 17.2. The number of pyridine rings is 1. The van der Waals surface area contributed by atoms with Gasteiger partial charge in [-0.2, -0.15) is 0 Å². The number of fused-ring (bicyclic) bond motifs is 1. The molecule has 1 aromatic carbocycles. The Hall–Kier alpha value is -2.35. The lowest BCUT2D eigenvalue weighted by atomic mass is 9.83. The average molecular weight is 394 g/mol. The van der Waals surface area contributed by atoms with Crippen molar-refractivity contribution in [2.75, 3.05) is 0 Å². The summed E-state index contributed by atoms with van der Waals surface area (Å²) in [5, 5.41) is 12.1. The lowest BCUT2D eigenvalue weighted by Crippen LogP contribution is -2.31. The molecule has 0 spiro atoms. The number of halogens is 1. The molecule has 3 aromatic rings. The summed E-state index contributed by atoms with van der Waals surface area (Å²) in [6, 6.07) is 4.41. The molecule has 28 heavy (non-hydrogen) atoms. The molecular formula is C23H24ClN3O. The van der Waals surface area contributed by atoms with E-state index in [-0.39, 0.29) is 0 Å². The molecule has 0 aliphatic heterocycles. The van der Waals surface area contributed by atoms with E-state index in [4.69, 9.17) is 18.2 Å². The topological polar surface area (TPSA) is 42.4 Å². The monoisotopic (exact) mass is 393 g/mol. The molecule has 1 saturated carbocycles. The second-order valence-electron chi connectivity index (χ2n) is 8.26. The van der Waals surface area contributed by atoms with E-state index in [1.54, 1.807) is 12.4 Å². The van der Waals surface area contributed by atoms with Crippen LogP contribution >= 0.6 is 11.6 Å². The molecule has 1 aliphatic carbocycles. The highest BCUT2D eigenvalue weighted by Crippen LogP contribution is 2.43. The Kier molecular flexibility index (Phi) is 4.69. The number of nitrogens with zero attached hydrogens (tertiary/aromatic N) is 3. The minimum atomic E-state index is -0.570. The first-order valence-electron chi connectivity index (χ1n) is 9.66. The molecule has 4 rings (SSSR count). The van der Waals surface area contributed by atoms with Gasteiger partial charge in [-0.25, -0.2) is 4.85 Å². The van der Waals surface area contributed by atoms with Crippen molar-refractivity contribution in [3.05, 3.63) is 58.3 Å². The largest absolute Gasteiger partial charge is 0.390 e. The van der Waals surface area contributed by atoms with Crippen LogP contribution in [-0.2, 0) is 0 Å². The van der Waals surface area contributed by atoms with E-state index < -0.39 is 5.60 Å². The van der Waals surface area contributed by atoms with Gasteiger partial charge in [0.15, 0.2) is 5.69 Å². The van der Waals surface area contributed by atoms with Crippen molar-refractivity contribution >= 4 is 28.2 Å². The highest BCUT2D eigenvalue weighted by Gasteiger charge is 2.30. The third kappa shape index (κ3) is 3.19. The van der Waals surface area contributed by atoms with Crippen LogP contribution in [0.15, 0.2) is 30.7 Å². The molecule has 0 radical (unpaired) electrons. The van der Waals surface area contributed by atoms with Crippen molar-refractivity contribution in [1.29, 1.82) is 0 Å². The van der Waals surface area contributed by atoms with Crippen molar-refractivity contribution in [3.63, 3.8) is 0 Å². The molecule has 0 bridgehead atoms. The molecule has 2 heterocycles. The van der Waals surface area contributed by atoms with Crippen LogP contribution in [0.2, 0.25) is 5.02 Å². The fraction of sp³-hybridized carbons (Fsp3) is 0.391. The molecule has 2 aromatic heterocycles. The first-order chi connectivity index (χ1) is 13.3. The summed E-state index contributed by atoms with van der Waals surface area (Å²) in [5.74, 6) is 0. The van der Waals surface area contributed by atoms with Gasteiger partial charge in [-0.05, 0) is 75.1 Å². The number of aromatic nitrogens is 2.